The zero-order valence-electron chi connectivity index (χ0n) is 7.27. The minimum Gasteiger partial charge on any atom is -0.468 e. The molecule has 1 atom stereocenters. The lowest BCUT2D eigenvalue weighted by Crippen LogP contribution is -2.36. The first kappa shape index (κ1) is 11.9. The van der Waals surface area contributed by atoms with Crippen LogP contribution < -0.4 is 4.72 Å². The predicted molar refractivity (Wildman–Crippen MR) is 44.0 cm³/mol. The molecule has 13 heavy (non-hydrogen) atoms. The summed E-state index contributed by atoms with van der Waals surface area (Å²) < 4.78 is 28.2. The monoisotopic (exact) mass is 206 g/mol. The highest BCUT2D eigenvalue weighted by molar-refractivity contribution is 7.90. The van der Waals surface area contributed by atoms with Crippen LogP contribution in [-0.2, 0) is 19.6 Å². The number of hydrogen-bond donors (Lipinski definition) is 1. The molecular formula is C6H10N2O4S. The minimum absolute atomic E-state index is 0.768. The van der Waals surface area contributed by atoms with Crippen LogP contribution in [0.2, 0.25) is 0 Å². The van der Waals surface area contributed by atoms with Crippen molar-refractivity contribution in [3.05, 3.63) is 0 Å². The summed E-state index contributed by atoms with van der Waals surface area (Å²) in [5, 5.41) is 8.30. The van der Waals surface area contributed by atoms with Gasteiger partial charge >= 0.3 is 5.97 Å². The van der Waals surface area contributed by atoms with E-state index in [0.717, 1.165) is 7.11 Å². The first-order valence-corrected chi connectivity index (χ1v) is 5.03. The van der Waals surface area contributed by atoms with Crippen LogP contribution in [0.5, 0.6) is 0 Å². The Bertz CT molecular complexity index is 316. The Balaban J connectivity index is 4.28. The van der Waals surface area contributed by atoms with Crippen molar-refractivity contribution in [3.8, 4) is 6.07 Å². The lowest BCUT2D eigenvalue weighted by atomic mass is 10.4. The number of sulfonamides is 1. The third kappa shape index (κ3) is 5.16. The Labute approximate surface area is 76.5 Å². The number of methoxy groups -OCH3 is 1. The summed E-state index contributed by atoms with van der Waals surface area (Å²) in [5.41, 5.74) is 0. The van der Waals surface area contributed by atoms with Crippen molar-refractivity contribution in [1.82, 2.24) is 4.72 Å². The first-order valence-electron chi connectivity index (χ1n) is 3.37. The van der Waals surface area contributed by atoms with Gasteiger partial charge in [0.15, 0.2) is 5.75 Å². The van der Waals surface area contributed by atoms with Crippen molar-refractivity contribution in [1.29, 1.82) is 5.26 Å². The summed E-state index contributed by atoms with van der Waals surface area (Å²) in [6.45, 7) is 1.37. The molecular weight excluding hydrogens is 196 g/mol. The Morgan fingerprint density at radius 2 is 2.23 bits per heavy atom. The van der Waals surface area contributed by atoms with Crippen LogP contribution in [-0.4, -0.2) is 33.3 Å². The van der Waals surface area contributed by atoms with Crippen LogP contribution in [0.25, 0.3) is 0 Å². The summed E-state index contributed by atoms with van der Waals surface area (Å²) in [6, 6.07) is 0.818. The van der Waals surface area contributed by atoms with Gasteiger partial charge in [0.05, 0.1) is 13.2 Å². The summed E-state index contributed by atoms with van der Waals surface area (Å²) in [7, 11) is -2.66. The van der Waals surface area contributed by atoms with Crippen molar-refractivity contribution in [2.75, 3.05) is 12.9 Å². The zero-order chi connectivity index (χ0) is 10.5. The van der Waals surface area contributed by atoms with Crippen molar-refractivity contribution >= 4 is 16.0 Å². The third-order valence-electron chi connectivity index (χ3n) is 1.09. The third-order valence-corrected chi connectivity index (χ3v) is 2.41. The van der Waals surface area contributed by atoms with Crippen LogP contribution in [0, 0.1) is 11.3 Å². The molecule has 0 aliphatic carbocycles. The molecule has 74 valence electrons. The fraction of sp³-hybridized carbons (Fsp3) is 0.667. The summed E-state index contributed by atoms with van der Waals surface area (Å²) in [4.78, 5) is 10.6. The van der Waals surface area contributed by atoms with Gasteiger partial charge in [-0.1, -0.05) is 0 Å². The van der Waals surface area contributed by atoms with E-state index in [9.17, 15) is 13.2 Å². The normalized spacial score (nSPS) is 13.0. The van der Waals surface area contributed by atoms with Crippen molar-refractivity contribution < 1.29 is 17.9 Å². The number of carbonyl (C=O) groups is 1. The topological polar surface area (TPSA) is 96.3 Å². The molecule has 0 amide bonds. The number of nitrogens with zero attached hydrogens (tertiary/aromatic N) is 1. The van der Waals surface area contributed by atoms with Crippen LogP contribution in [0.15, 0.2) is 0 Å². The molecule has 0 aliphatic heterocycles. The van der Waals surface area contributed by atoms with E-state index in [2.05, 4.69) is 4.74 Å². The fourth-order valence-electron chi connectivity index (χ4n) is 0.551. The van der Waals surface area contributed by atoms with Gasteiger partial charge in [-0.05, 0) is 6.92 Å². The molecule has 0 spiro atoms. The number of carbonyl (C=O) groups excluding carboxylic acids is 1. The fourth-order valence-corrected chi connectivity index (χ4v) is 1.65. The van der Waals surface area contributed by atoms with E-state index in [1.54, 1.807) is 6.07 Å². The van der Waals surface area contributed by atoms with Gasteiger partial charge in [0, 0.05) is 0 Å². The average Bonchev–Trinajstić information content (AvgIpc) is 2.02. The molecule has 0 aromatic rings. The maximum absolute atomic E-state index is 11.0. The molecule has 0 heterocycles. The standard InChI is InChI=1S/C6H10N2O4S/c1-5(3-7)8-13(10,11)4-6(9)12-2/h5,8H,4H2,1-2H3. The van der Waals surface area contributed by atoms with E-state index >= 15 is 0 Å². The van der Waals surface area contributed by atoms with E-state index in [0.29, 0.717) is 0 Å². The largest absolute Gasteiger partial charge is 0.468 e. The van der Waals surface area contributed by atoms with Gasteiger partial charge in [-0.15, -0.1) is 0 Å². The second-order valence-corrected chi connectivity index (χ2v) is 4.06. The number of nitriles is 1. The highest BCUT2D eigenvalue weighted by Crippen LogP contribution is 1.89. The van der Waals surface area contributed by atoms with Gasteiger partial charge in [0.25, 0.3) is 0 Å². The molecule has 0 fully saturated rings. The summed E-state index contributed by atoms with van der Waals surface area (Å²) >= 11 is 0. The van der Waals surface area contributed by atoms with Gasteiger partial charge in [-0.3, -0.25) is 4.79 Å². The Hall–Kier alpha value is -1.13. The molecule has 7 heteroatoms. The molecule has 0 saturated heterocycles. The molecule has 0 aliphatic rings. The van der Waals surface area contributed by atoms with Gasteiger partial charge < -0.3 is 4.74 Å². The van der Waals surface area contributed by atoms with Crippen LogP contribution >= 0.6 is 0 Å². The lowest BCUT2D eigenvalue weighted by molar-refractivity contribution is -0.137. The Morgan fingerprint density at radius 1 is 1.69 bits per heavy atom. The van der Waals surface area contributed by atoms with Crippen LogP contribution in [0.1, 0.15) is 6.92 Å². The van der Waals surface area contributed by atoms with Gasteiger partial charge in [0.1, 0.15) is 6.04 Å². The predicted octanol–water partition coefficient (Wildman–Crippen LogP) is -1.01. The maximum Gasteiger partial charge on any atom is 0.322 e. The molecule has 0 aromatic carbocycles. The number of nitrogens with one attached hydrogen (secondary N) is 1. The molecule has 0 aromatic heterocycles. The minimum atomic E-state index is -3.75. The van der Waals surface area contributed by atoms with E-state index in [4.69, 9.17) is 5.26 Å². The van der Waals surface area contributed by atoms with E-state index < -0.39 is 27.8 Å². The van der Waals surface area contributed by atoms with Crippen molar-refractivity contribution in [3.63, 3.8) is 0 Å². The highest BCUT2D eigenvalue weighted by Gasteiger charge is 2.18. The molecule has 0 saturated carbocycles. The van der Waals surface area contributed by atoms with E-state index in [-0.39, 0.29) is 0 Å². The number of hydrogen-bond acceptors (Lipinski definition) is 5. The number of ether oxygens (including phenoxy) is 1. The van der Waals surface area contributed by atoms with Crippen LogP contribution in [0.4, 0.5) is 0 Å². The molecule has 1 N–H and O–H groups in total. The van der Waals surface area contributed by atoms with Gasteiger partial charge in [0.2, 0.25) is 10.0 Å². The van der Waals surface area contributed by atoms with Gasteiger partial charge in [-0.25, -0.2) is 8.42 Å². The average molecular weight is 206 g/mol. The van der Waals surface area contributed by atoms with Crippen molar-refractivity contribution in [2.24, 2.45) is 0 Å². The second kappa shape index (κ2) is 4.79. The van der Waals surface area contributed by atoms with E-state index in [1.165, 1.54) is 6.92 Å². The quantitative estimate of drug-likeness (QED) is 0.594. The molecule has 0 radical (unpaired) electrons. The highest BCUT2D eigenvalue weighted by atomic mass is 32.2. The molecule has 0 bridgehead atoms. The number of esters is 1. The zero-order valence-corrected chi connectivity index (χ0v) is 8.09. The van der Waals surface area contributed by atoms with Crippen LogP contribution in [0.3, 0.4) is 0 Å². The molecule has 0 rings (SSSR count). The van der Waals surface area contributed by atoms with E-state index in [1.807, 2.05) is 4.72 Å². The van der Waals surface area contributed by atoms with Gasteiger partial charge in [-0.2, -0.15) is 9.98 Å². The maximum atomic E-state index is 11.0. The summed E-state index contributed by atoms with van der Waals surface area (Å²) in [5.74, 6) is -1.63. The second-order valence-electron chi connectivity index (χ2n) is 2.30. The first-order chi connectivity index (χ1) is 5.91. The SMILES string of the molecule is COC(=O)CS(=O)(=O)NC(C)C#N. The molecule has 6 nitrogen and oxygen atoms in total. The molecule has 1 unspecified atom stereocenters. The lowest BCUT2D eigenvalue weighted by Gasteiger charge is -2.05. The number of rotatable bonds is 4. The Kier molecular flexibility index (Phi) is 4.37. The Morgan fingerprint density at radius 3 is 2.62 bits per heavy atom. The van der Waals surface area contributed by atoms with Crippen molar-refractivity contribution in [2.45, 2.75) is 13.0 Å². The summed E-state index contributed by atoms with van der Waals surface area (Å²) in [6.07, 6.45) is 0. The smallest absolute Gasteiger partial charge is 0.322 e.